The first-order valence-electron chi connectivity index (χ1n) is 20.7. The summed E-state index contributed by atoms with van der Waals surface area (Å²) in [5.74, 6) is -1.78. The Morgan fingerprint density at radius 3 is 1.92 bits per heavy atom. The van der Waals surface area contributed by atoms with E-state index in [0.717, 1.165) is 83.5 Å². The van der Waals surface area contributed by atoms with Crippen molar-refractivity contribution in [2.75, 3.05) is 39.8 Å². The molecule has 1 heterocycles. The molecule has 304 valence electrons. The molecule has 2 aliphatic carbocycles. The Hall–Kier alpha value is -2.81. The maximum Gasteiger partial charge on any atom is 0.245 e. The van der Waals surface area contributed by atoms with Crippen molar-refractivity contribution in [2.24, 2.45) is 23.3 Å². The van der Waals surface area contributed by atoms with Crippen molar-refractivity contribution in [3.8, 4) is 0 Å². The van der Waals surface area contributed by atoms with E-state index in [0.29, 0.717) is 38.4 Å². The highest BCUT2D eigenvalue weighted by Gasteiger charge is 2.39. The molecule has 14 heteroatoms. The van der Waals surface area contributed by atoms with Crippen LogP contribution < -0.4 is 32.7 Å². The standard InChI is InChI=1S/C39H72N8O6/c1-6-9-17-32-37(50)45-34(28-15-13-12-14-16-28)38(51)43-30(23-41)35(48)44-31(25-53-29-20-27(21-29)22-40)36(49)42-26(4)24-47(19-11-8-3)33(18-10-7-2)39(52)46(32)5/h26-34H,6-25,40-41H2,1-5H3,(H,42,49)(H,43,51)(H,44,48)(H,45,50)/t26-,27-,29-,30+,31+,32+,33+,34+/m1/s1. The van der Waals surface area contributed by atoms with E-state index in [-0.39, 0.29) is 43.0 Å². The van der Waals surface area contributed by atoms with Crippen LogP contribution in [0, 0.1) is 11.8 Å². The number of carbonyl (C=O) groups excluding carboxylic acids is 5. The molecule has 3 rings (SSSR count). The summed E-state index contributed by atoms with van der Waals surface area (Å²) in [6, 6.07) is -4.77. The van der Waals surface area contributed by atoms with Crippen LogP contribution >= 0.6 is 0 Å². The average Bonchev–Trinajstić information content (AvgIpc) is 3.13. The predicted molar refractivity (Wildman–Crippen MR) is 206 cm³/mol. The molecule has 1 saturated heterocycles. The van der Waals surface area contributed by atoms with E-state index < -0.39 is 47.9 Å². The Labute approximate surface area is 318 Å². The fourth-order valence-electron chi connectivity index (χ4n) is 7.92. The monoisotopic (exact) mass is 749 g/mol. The molecular formula is C39H72N8O6. The average molecular weight is 749 g/mol. The number of hydrogen-bond donors (Lipinski definition) is 6. The van der Waals surface area contributed by atoms with Gasteiger partial charge in [0.25, 0.3) is 0 Å². The van der Waals surface area contributed by atoms with Gasteiger partial charge in [-0.2, -0.15) is 0 Å². The van der Waals surface area contributed by atoms with E-state index in [4.69, 9.17) is 16.2 Å². The van der Waals surface area contributed by atoms with Crippen LogP contribution in [0.3, 0.4) is 0 Å². The molecule has 3 fully saturated rings. The Kier molecular flexibility index (Phi) is 19.5. The summed E-state index contributed by atoms with van der Waals surface area (Å²) >= 11 is 0. The number of carbonyl (C=O) groups is 5. The van der Waals surface area contributed by atoms with Crippen molar-refractivity contribution >= 4 is 29.5 Å². The number of nitrogens with zero attached hydrogens (tertiary/aromatic N) is 2. The van der Waals surface area contributed by atoms with Crippen molar-refractivity contribution < 1.29 is 28.7 Å². The molecule has 6 atom stereocenters. The highest BCUT2D eigenvalue weighted by Crippen LogP contribution is 2.29. The lowest BCUT2D eigenvalue weighted by Gasteiger charge is -2.39. The number of ether oxygens (including phenoxy) is 1. The zero-order valence-corrected chi connectivity index (χ0v) is 33.3. The minimum absolute atomic E-state index is 0.0562. The van der Waals surface area contributed by atoms with E-state index in [9.17, 15) is 24.0 Å². The molecule has 0 aromatic heterocycles. The van der Waals surface area contributed by atoms with Gasteiger partial charge in [-0.3, -0.25) is 28.9 Å². The van der Waals surface area contributed by atoms with Crippen LogP contribution in [0.4, 0.5) is 0 Å². The maximum atomic E-state index is 14.6. The number of unbranched alkanes of at least 4 members (excludes halogenated alkanes) is 3. The van der Waals surface area contributed by atoms with E-state index in [1.807, 2.05) is 13.8 Å². The fourth-order valence-corrected chi connectivity index (χ4v) is 7.92. The molecule has 53 heavy (non-hydrogen) atoms. The lowest BCUT2D eigenvalue weighted by Crippen LogP contribution is -2.63. The van der Waals surface area contributed by atoms with Crippen molar-refractivity contribution in [3.63, 3.8) is 0 Å². The highest BCUT2D eigenvalue weighted by molar-refractivity contribution is 5.96. The van der Waals surface area contributed by atoms with Gasteiger partial charge < -0.3 is 42.4 Å². The highest BCUT2D eigenvalue weighted by atomic mass is 16.5. The van der Waals surface area contributed by atoms with Gasteiger partial charge in [0.1, 0.15) is 24.2 Å². The molecule has 1 aliphatic heterocycles. The summed E-state index contributed by atoms with van der Waals surface area (Å²) in [4.78, 5) is 74.4. The molecule has 2 saturated carbocycles. The first-order valence-corrected chi connectivity index (χ1v) is 20.7. The van der Waals surface area contributed by atoms with E-state index in [1.54, 1.807) is 11.9 Å². The topological polar surface area (TPSA) is 201 Å². The Balaban J connectivity index is 2.04. The number of hydrogen-bond acceptors (Lipinski definition) is 9. The summed E-state index contributed by atoms with van der Waals surface area (Å²) in [5.41, 5.74) is 11.9. The van der Waals surface area contributed by atoms with Gasteiger partial charge in [0, 0.05) is 26.2 Å². The van der Waals surface area contributed by atoms with Gasteiger partial charge >= 0.3 is 0 Å². The molecule has 5 amide bonds. The Morgan fingerprint density at radius 1 is 0.717 bits per heavy atom. The third-order valence-corrected chi connectivity index (χ3v) is 11.4. The second kappa shape index (κ2) is 23.2. The van der Waals surface area contributed by atoms with Crippen molar-refractivity contribution in [3.05, 3.63) is 0 Å². The molecule has 8 N–H and O–H groups in total. The molecule has 0 aromatic rings. The van der Waals surface area contributed by atoms with Gasteiger partial charge in [0.05, 0.1) is 18.8 Å². The van der Waals surface area contributed by atoms with Crippen LogP contribution in [-0.2, 0) is 28.7 Å². The zero-order valence-electron chi connectivity index (χ0n) is 33.3. The molecule has 3 aliphatic rings. The van der Waals surface area contributed by atoms with Gasteiger partial charge in [-0.1, -0.05) is 72.1 Å². The summed E-state index contributed by atoms with van der Waals surface area (Å²) in [5, 5.41) is 11.8. The van der Waals surface area contributed by atoms with Crippen LogP contribution in [0.1, 0.15) is 124 Å². The normalized spacial score (nSPS) is 30.8. The van der Waals surface area contributed by atoms with Gasteiger partial charge in [-0.05, 0) is 76.8 Å². The van der Waals surface area contributed by atoms with Gasteiger partial charge in [0.2, 0.25) is 29.5 Å². The van der Waals surface area contributed by atoms with Gasteiger partial charge in [-0.15, -0.1) is 0 Å². The third-order valence-electron chi connectivity index (χ3n) is 11.4. The minimum atomic E-state index is -1.15. The summed E-state index contributed by atoms with van der Waals surface area (Å²) in [7, 11) is 1.70. The minimum Gasteiger partial charge on any atom is -0.376 e. The molecule has 0 bridgehead atoms. The van der Waals surface area contributed by atoms with Crippen molar-refractivity contribution in [2.45, 2.75) is 166 Å². The van der Waals surface area contributed by atoms with Crippen LogP contribution in [-0.4, -0.2) is 122 Å². The zero-order chi connectivity index (χ0) is 38.9. The number of amides is 5. The van der Waals surface area contributed by atoms with E-state index in [1.165, 1.54) is 0 Å². The Morgan fingerprint density at radius 2 is 1.32 bits per heavy atom. The quantitative estimate of drug-likeness (QED) is 0.145. The van der Waals surface area contributed by atoms with E-state index >= 15 is 0 Å². The van der Waals surface area contributed by atoms with E-state index in [2.05, 4.69) is 40.0 Å². The largest absolute Gasteiger partial charge is 0.376 e. The van der Waals surface area contributed by atoms with Gasteiger partial charge in [0.15, 0.2) is 0 Å². The molecule has 0 aromatic carbocycles. The second-order valence-electron chi connectivity index (χ2n) is 15.8. The van der Waals surface area contributed by atoms with Crippen molar-refractivity contribution in [1.82, 2.24) is 31.1 Å². The smallest absolute Gasteiger partial charge is 0.245 e. The van der Waals surface area contributed by atoms with Crippen LogP contribution in [0.25, 0.3) is 0 Å². The summed E-state index contributed by atoms with van der Waals surface area (Å²) < 4.78 is 6.08. The predicted octanol–water partition coefficient (Wildman–Crippen LogP) is 1.93. The molecule has 0 spiro atoms. The summed E-state index contributed by atoms with van der Waals surface area (Å²) in [6.07, 6.45) is 12.1. The molecular weight excluding hydrogens is 676 g/mol. The second-order valence-corrected chi connectivity index (χ2v) is 15.8. The number of nitrogens with two attached hydrogens (primary N) is 2. The molecule has 0 radical (unpaired) electrons. The first-order chi connectivity index (χ1) is 25.5. The van der Waals surface area contributed by atoms with Crippen LogP contribution in [0.5, 0.6) is 0 Å². The molecule has 14 nitrogen and oxygen atoms in total. The first kappa shape index (κ1) is 44.6. The lowest BCUT2D eigenvalue weighted by molar-refractivity contribution is -0.145. The number of likely N-dealkylation sites (N-methyl/N-ethyl adjacent to an activating group) is 1. The third kappa shape index (κ3) is 13.5. The van der Waals surface area contributed by atoms with Crippen LogP contribution in [0.15, 0.2) is 0 Å². The number of rotatable bonds is 15. The Bertz CT molecular complexity index is 1160. The SMILES string of the molecule is CCCC[C@H]1C(=O)N(C)[C@@H](CCCC)C(=O)N[C@@H](C2CCCCC2)C(=O)N[C@@H](CN)C(=O)N[C@@H](CO[C@H]2C[C@H](CN)C2)C(=O)N[C@H](C)CN1CCCC. The lowest BCUT2D eigenvalue weighted by atomic mass is 9.82. The fraction of sp³-hybridized carbons (Fsp3) is 0.872. The van der Waals surface area contributed by atoms with Gasteiger partial charge in [-0.25, -0.2) is 0 Å². The molecule has 0 unspecified atom stereocenters. The van der Waals surface area contributed by atoms with Crippen molar-refractivity contribution in [1.29, 1.82) is 0 Å². The van der Waals surface area contributed by atoms with Crippen LogP contribution in [0.2, 0.25) is 0 Å². The summed E-state index contributed by atoms with van der Waals surface area (Å²) in [6.45, 7) is 9.49. The number of nitrogens with one attached hydrogen (secondary N) is 4. The maximum absolute atomic E-state index is 14.6.